The highest BCUT2D eigenvalue weighted by atomic mass is 19.1. The Morgan fingerprint density at radius 2 is 1.69 bits per heavy atom. The molecule has 2 N–H and O–H groups in total. The normalized spacial score (nSPS) is 10.4. The number of hydrogen-bond donors (Lipinski definition) is 1. The van der Waals surface area contributed by atoms with Gasteiger partial charge in [0.05, 0.1) is 5.56 Å². The molecule has 0 spiro atoms. The zero-order chi connectivity index (χ0) is 21.2. The lowest BCUT2D eigenvalue weighted by Gasteiger charge is -2.22. The van der Waals surface area contributed by atoms with Crippen molar-refractivity contribution in [3.63, 3.8) is 0 Å². The summed E-state index contributed by atoms with van der Waals surface area (Å²) in [6.45, 7) is 1.61. The molecular formula is C22H25FN2O4. The van der Waals surface area contributed by atoms with Crippen molar-refractivity contribution in [3.8, 4) is 0 Å². The zero-order valence-corrected chi connectivity index (χ0v) is 16.4. The monoisotopic (exact) mass is 400 g/mol. The Kier molecular flexibility index (Phi) is 8.33. The molecule has 2 aromatic carbocycles. The number of esters is 1. The predicted molar refractivity (Wildman–Crippen MR) is 108 cm³/mol. The standard InChI is InChI=1S/C22H25FN2O4/c1-2-3-4-16-5-7-17(8-6-16)22(28)29-15-21(27)25(14-13-20(24)26)19-11-9-18(23)10-12-19/h5-12H,2-4,13-15H2,1H3,(H2,24,26). The van der Waals surface area contributed by atoms with Crippen LogP contribution >= 0.6 is 0 Å². The molecule has 0 bridgehead atoms. The van der Waals surface area contributed by atoms with Gasteiger partial charge in [0.15, 0.2) is 6.61 Å². The summed E-state index contributed by atoms with van der Waals surface area (Å²) in [6.07, 6.45) is 3.03. The van der Waals surface area contributed by atoms with E-state index in [1.54, 1.807) is 12.1 Å². The highest BCUT2D eigenvalue weighted by Crippen LogP contribution is 2.16. The highest BCUT2D eigenvalue weighted by Gasteiger charge is 2.19. The van der Waals surface area contributed by atoms with Crippen molar-refractivity contribution in [1.29, 1.82) is 0 Å². The number of carbonyl (C=O) groups excluding carboxylic acids is 3. The van der Waals surface area contributed by atoms with Crippen LogP contribution in [-0.2, 0) is 20.7 Å². The topological polar surface area (TPSA) is 89.7 Å². The summed E-state index contributed by atoms with van der Waals surface area (Å²) in [5, 5.41) is 0. The average molecular weight is 400 g/mol. The summed E-state index contributed by atoms with van der Waals surface area (Å²) in [4.78, 5) is 37.1. The van der Waals surface area contributed by atoms with E-state index in [0.717, 1.165) is 24.8 Å². The number of carbonyl (C=O) groups is 3. The maximum absolute atomic E-state index is 13.2. The van der Waals surface area contributed by atoms with Crippen LogP contribution in [0.15, 0.2) is 48.5 Å². The van der Waals surface area contributed by atoms with Crippen LogP contribution in [0.4, 0.5) is 10.1 Å². The maximum atomic E-state index is 13.2. The van der Waals surface area contributed by atoms with Crippen LogP contribution in [0, 0.1) is 5.82 Å². The number of unbranched alkanes of at least 4 members (excludes halogenated alkanes) is 1. The molecule has 2 aromatic rings. The summed E-state index contributed by atoms with van der Waals surface area (Å²) in [6, 6.07) is 12.3. The number of amides is 2. The van der Waals surface area contributed by atoms with Gasteiger partial charge in [0.1, 0.15) is 5.82 Å². The van der Waals surface area contributed by atoms with Crippen molar-refractivity contribution in [2.24, 2.45) is 5.73 Å². The van der Waals surface area contributed by atoms with Gasteiger partial charge in [-0.25, -0.2) is 9.18 Å². The van der Waals surface area contributed by atoms with E-state index < -0.39 is 30.2 Å². The van der Waals surface area contributed by atoms with Crippen LogP contribution in [0.3, 0.4) is 0 Å². The van der Waals surface area contributed by atoms with Crippen molar-refractivity contribution in [2.45, 2.75) is 32.6 Å². The summed E-state index contributed by atoms with van der Waals surface area (Å²) in [5.41, 5.74) is 7.03. The Hall–Kier alpha value is -3.22. The van der Waals surface area contributed by atoms with E-state index in [9.17, 15) is 18.8 Å². The molecule has 154 valence electrons. The van der Waals surface area contributed by atoms with E-state index in [1.165, 1.54) is 29.2 Å². The number of anilines is 1. The molecule has 0 radical (unpaired) electrons. The fourth-order valence-electron chi connectivity index (χ4n) is 2.72. The molecule has 0 atom stereocenters. The zero-order valence-electron chi connectivity index (χ0n) is 16.4. The smallest absolute Gasteiger partial charge is 0.338 e. The summed E-state index contributed by atoms with van der Waals surface area (Å²) < 4.78 is 18.3. The minimum absolute atomic E-state index is 0.00345. The van der Waals surface area contributed by atoms with Crippen molar-refractivity contribution >= 4 is 23.5 Å². The molecule has 6 nitrogen and oxygen atoms in total. The number of nitrogens with zero attached hydrogens (tertiary/aromatic N) is 1. The minimum atomic E-state index is -0.616. The molecule has 0 aliphatic carbocycles. The summed E-state index contributed by atoms with van der Waals surface area (Å²) in [5.74, 6) is -2.19. The number of halogens is 1. The molecule has 29 heavy (non-hydrogen) atoms. The van der Waals surface area contributed by atoms with E-state index >= 15 is 0 Å². The Bertz CT molecular complexity index is 835. The molecule has 0 aliphatic heterocycles. The fourth-order valence-corrected chi connectivity index (χ4v) is 2.72. The lowest BCUT2D eigenvalue weighted by atomic mass is 10.1. The Morgan fingerprint density at radius 1 is 1.03 bits per heavy atom. The molecular weight excluding hydrogens is 375 g/mol. The van der Waals surface area contributed by atoms with Crippen molar-refractivity contribution in [2.75, 3.05) is 18.1 Å². The molecule has 0 saturated heterocycles. The lowest BCUT2D eigenvalue weighted by molar-refractivity contribution is -0.121. The fraction of sp³-hybridized carbons (Fsp3) is 0.318. The number of hydrogen-bond acceptors (Lipinski definition) is 4. The Balaban J connectivity index is 1.99. The average Bonchev–Trinajstić information content (AvgIpc) is 2.72. The summed E-state index contributed by atoms with van der Waals surface area (Å²) in [7, 11) is 0. The second-order valence-corrected chi connectivity index (χ2v) is 6.61. The minimum Gasteiger partial charge on any atom is -0.452 e. The van der Waals surface area contributed by atoms with E-state index in [0.29, 0.717) is 11.3 Å². The summed E-state index contributed by atoms with van der Waals surface area (Å²) >= 11 is 0. The molecule has 0 fully saturated rings. The van der Waals surface area contributed by atoms with Crippen LogP contribution < -0.4 is 10.6 Å². The third kappa shape index (κ3) is 7.03. The quantitative estimate of drug-likeness (QED) is 0.620. The first-order valence-corrected chi connectivity index (χ1v) is 9.51. The van der Waals surface area contributed by atoms with Gasteiger partial charge in [-0.15, -0.1) is 0 Å². The van der Waals surface area contributed by atoms with Crippen LogP contribution in [0.5, 0.6) is 0 Å². The number of ether oxygens (including phenoxy) is 1. The van der Waals surface area contributed by atoms with E-state index in [4.69, 9.17) is 10.5 Å². The van der Waals surface area contributed by atoms with Gasteiger partial charge in [-0.05, 0) is 54.8 Å². The predicted octanol–water partition coefficient (Wildman–Crippen LogP) is 3.23. The van der Waals surface area contributed by atoms with Gasteiger partial charge in [0.25, 0.3) is 5.91 Å². The van der Waals surface area contributed by atoms with Gasteiger partial charge < -0.3 is 15.4 Å². The molecule has 0 aromatic heterocycles. The molecule has 0 aliphatic rings. The number of primary amides is 1. The van der Waals surface area contributed by atoms with Crippen molar-refractivity contribution < 1.29 is 23.5 Å². The number of aryl methyl sites for hydroxylation is 1. The first-order valence-electron chi connectivity index (χ1n) is 9.51. The molecule has 2 amide bonds. The van der Waals surface area contributed by atoms with Crippen molar-refractivity contribution in [1.82, 2.24) is 0 Å². The number of benzene rings is 2. The van der Waals surface area contributed by atoms with Gasteiger partial charge in [-0.1, -0.05) is 25.5 Å². The van der Waals surface area contributed by atoms with E-state index in [1.807, 2.05) is 12.1 Å². The van der Waals surface area contributed by atoms with Gasteiger partial charge in [-0.3, -0.25) is 9.59 Å². The second-order valence-electron chi connectivity index (χ2n) is 6.61. The van der Waals surface area contributed by atoms with Crippen LogP contribution in [0.1, 0.15) is 42.1 Å². The van der Waals surface area contributed by atoms with Crippen molar-refractivity contribution in [3.05, 3.63) is 65.5 Å². The van der Waals surface area contributed by atoms with Crippen LogP contribution in [-0.4, -0.2) is 30.9 Å². The SMILES string of the molecule is CCCCc1ccc(C(=O)OCC(=O)N(CCC(N)=O)c2ccc(F)cc2)cc1. The molecule has 2 rings (SSSR count). The third-order valence-corrected chi connectivity index (χ3v) is 4.36. The molecule has 0 unspecified atom stereocenters. The number of rotatable bonds is 10. The highest BCUT2D eigenvalue weighted by molar-refractivity contribution is 5.97. The van der Waals surface area contributed by atoms with Gasteiger partial charge in [0.2, 0.25) is 5.91 Å². The van der Waals surface area contributed by atoms with E-state index in [2.05, 4.69) is 6.92 Å². The van der Waals surface area contributed by atoms with Crippen LogP contribution in [0.25, 0.3) is 0 Å². The first-order chi connectivity index (χ1) is 13.9. The molecule has 7 heteroatoms. The van der Waals surface area contributed by atoms with E-state index in [-0.39, 0.29) is 13.0 Å². The largest absolute Gasteiger partial charge is 0.452 e. The number of nitrogens with two attached hydrogens (primary N) is 1. The lowest BCUT2D eigenvalue weighted by Crippen LogP contribution is -2.37. The Morgan fingerprint density at radius 3 is 2.28 bits per heavy atom. The molecule has 0 saturated carbocycles. The maximum Gasteiger partial charge on any atom is 0.338 e. The Labute approximate surface area is 169 Å². The van der Waals surface area contributed by atoms with Gasteiger partial charge in [0, 0.05) is 18.7 Å². The van der Waals surface area contributed by atoms with Gasteiger partial charge >= 0.3 is 5.97 Å². The van der Waals surface area contributed by atoms with Crippen LogP contribution in [0.2, 0.25) is 0 Å². The molecule has 0 heterocycles. The third-order valence-electron chi connectivity index (χ3n) is 4.36. The second kappa shape index (κ2) is 10.9. The first kappa shape index (κ1) is 22.1. The van der Waals surface area contributed by atoms with Gasteiger partial charge in [-0.2, -0.15) is 0 Å².